The second kappa shape index (κ2) is 12.3. The van der Waals surface area contributed by atoms with Gasteiger partial charge in [0.15, 0.2) is 0 Å². The van der Waals surface area contributed by atoms with Crippen LogP contribution in [-0.2, 0) is 23.8 Å². The maximum Gasteiger partial charge on any atom is 0.421 e. The summed E-state index contributed by atoms with van der Waals surface area (Å²) in [5, 5.41) is 0.873. The summed E-state index contributed by atoms with van der Waals surface area (Å²) < 4.78 is 54.7. The molecule has 1 saturated heterocycles. The molecular weight excluding hydrogens is 583 g/mol. The SMILES string of the molecule is CC[C@@H]1CN(C)CC[C@H]1Oc1ncc(CC(=O)N2CCc3ccc(Oc4ccnc5[nH]c(C)cc45)cc3[C@@H]2C)cc1C(F)(F)F. The molecule has 238 valence electrons. The van der Waals surface area contributed by atoms with Gasteiger partial charge in [-0.2, -0.15) is 13.2 Å². The summed E-state index contributed by atoms with van der Waals surface area (Å²) in [6, 6.07) is 10.4. The molecule has 0 spiro atoms. The molecular formula is C34H38F3N5O3. The fourth-order valence-corrected chi connectivity index (χ4v) is 6.59. The van der Waals surface area contributed by atoms with E-state index in [-0.39, 0.29) is 36.0 Å². The van der Waals surface area contributed by atoms with Crippen LogP contribution in [0.5, 0.6) is 17.4 Å². The number of H-pyrrole nitrogens is 1. The number of nitrogens with zero attached hydrogens (tertiary/aromatic N) is 4. The van der Waals surface area contributed by atoms with Gasteiger partial charge in [-0.3, -0.25) is 4.79 Å². The van der Waals surface area contributed by atoms with Gasteiger partial charge in [0, 0.05) is 43.6 Å². The molecule has 5 heterocycles. The summed E-state index contributed by atoms with van der Waals surface area (Å²) in [5.74, 6) is 0.738. The monoisotopic (exact) mass is 621 g/mol. The third kappa shape index (κ3) is 6.49. The van der Waals surface area contributed by atoms with Crippen molar-refractivity contribution in [2.45, 2.75) is 64.8 Å². The van der Waals surface area contributed by atoms with Crippen LogP contribution in [0, 0.1) is 12.8 Å². The number of aromatic amines is 1. The van der Waals surface area contributed by atoms with E-state index >= 15 is 0 Å². The maximum absolute atomic E-state index is 14.2. The van der Waals surface area contributed by atoms with E-state index < -0.39 is 17.6 Å². The van der Waals surface area contributed by atoms with Crippen LogP contribution in [0.4, 0.5) is 13.2 Å². The lowest BCUT2D eigenvalue weighted by Gasteiger charge is -2.36. The molecule has 3 aromatic heterocycles. The number of benzene rings is 1. The fourth-order valence-electron chi connectivity index (χ4n) is 6.59. The number of nitrogens with one attached hydrogen (secondary N) is 1. The minimum atomic E-state index is -4.66. The van der Waals surface area contributed by atoms with E-state index in [1.807, 2.05) is 58.2 Å². The molecule has 3 atom stereocenters. The average molecular weight is 622 g/mol. The van der Waals surface area contributed by atoms with Crippen molar-refractivity contribution in [2.75, 3.05) is 26.7 Å². The van der Waals surface area contributed by atoms with Gasteiger partial charge in [0.05, 0.1) is 17.8 Å². The molecule has 45 heavy (non-hydrogen) atoms. The fraction of sp³-hybridized carbons (Fsp3) is 0.441. The lowest BCUT2D eigenvalue weighted by Crippen LogP contribution is -2.43. The third-order valence-electron chi connectivity index (χ3n) is 9.05. The number of amides is 1. The zero-order valence-electron chi connectivity index (χ0n) is 25.9. The zero-order valence-corrected chi connectivity index (χ0v) is 25.9. The van der Waals surface area contributed by atoms with Gasteiger partial charge in [-0.1, -0.05) is 13.0 Å². The number of likely N-dealkylation sites (tertiary alicyclic amines) is 1. The first-order chi connectivity index (χ1) is 21.5. The number of hydrogen-bond donors (Lipinski definition) is 1. The first kappa shape index (κ1) is 30.9. The normalized spacial score (nSPS) is 20.7. The Kier molecular flexibility index (Phi) is 8.47. The molecule has 11 heteroatoms. The van der Waals surface area contributed by atoms with Gasteiger partial charge in [-0.05, 0) is 87.2 Å². The summed E-state index contributed by atoms with van der Waals surface area (Å²) in [7, 11) is 2.00. The van der Waals surface area contributed by atoms with E-state index in [9.17, 15) is 18.0 Å². The Morgan fingerprint density at radius 2 is 1.96 bits per heavy atom. The number of ether oxygens (including phenoxy) is 2. The molecule has 2 aliphatic rings. The van der Waals surface area contributed by atoms with E-state index in [1.54, 1.807) is 11.1 Å². The highest BCUT2D eigenvalue weighted by atomic mass is 19.4. The predicted octanol–water partition coefficient (Wildman–Crippen LogP) is 6.87. The van der Waals surface area contributed by atoms with Crippen molar-refractivity contribution in [3.63, 3.8) is 0 Å². The largest absolute Gasteiger partial charge is 0.474 e. The molecule has 1 aromatic carbocycles. The molecule has 0 unspecified atom stereocenters. The number of halogens is 3. The number of hydrogen-bond acceptors (Lipinski definition) is 6. The molecule has 8 nitrogen and oxygen atoms in total. The van der Waals surface area contributed by atoms with Gasteiger partial charge in [0.1, 0.15) is 28.8 Å². The summed E-state index contributed by atoms with van der Waals surface area (Å²) in [6.45, 7) is 7.89. The first-order valence-electron chi connectivity index (χ1n) is 15.5. The number of pyridine rings is 2. The number of fused-ring (bicyclic) bond motifs is 2. The minimum absolute atomic E-state index is 0.116. The Hall–Kier alpha value is -4.12. The molecule has 1 fully saturated rings. The van der Waals surface area contributed by atoms with E-state index in [2.05, 4.69) is 19.9 Å². The molecule has 0 bridgehead atoms. The second-order valence-electron chi connectivity index (χ2n) is 12.2. The average Bonchev–Trinajstić information content (AvgIpc) is 3.39. The predicted molar refractivity (Wildman–Crippen MR) is 164 cm³/mol. The Balaban J connectivity index is 1.18. The summed E-state index contributed by atoms with van der Waals surface area (Å²) in [5.41, 5.74) is 3.03. The molecule has 0 aliphatic carbocycles. The van der Waals surface area contributed by atoms with Gasteiger partial charge >= 0.3 is 6.18 Å². The Labute approximate surface area is 260 Å². The van der Waals surface area contributed by atoms with Gasteiger partial charge in [-0.25, -0.2) is 9.97 Å². The number of aryl methyl sites for hydroxylation is 1. The van der Waals surface area contributed by atoms with Crippen molar-refractivity contribution in [1.82, 2.24) is 24.8 Å². The quantitative estimate of drug-likeness (QED) is 0.242. The molecule has 1 amide bonds. The number of alkyl halides is 3. The lowest BCUT2D eigenvalue weighted by molar-refractivity contribution is -0.140. The molecule has 6 rings (SSSR count). The van der Waals surface area contributed by atoms with Gasteiger partial charge in [0.2, 0.25) is 11.8 Å². The smallest absolute Gasteiger partial charge is 0.421 e. The number of carbonyl (C=O) groups excluding carboxylic acids is 1. The Morgan fingerprint density at radius 3 is 2.73 bits per heavy atom. The Bertz CT molecular complexity index is 1700. The molecule has 0 saturated carbocycles. The van der Waals surface area contributed by atoms with Gasteiger partial charge < -0.3 is 24.3 Å². The van der Waals surface area contributed by atoms with Crippen molar-refractivity contribution in [3.8, 4) is 17.4 Å². The number of rotatable bonds is 7. The minimum Gasteiger partial charge on any atom is -0.474 e. The van der Waals surface area contributed by atoms with Crippen LogP contribution in [-0.4, -0.2) is 63.4 Å². The Morgan fingerprint density at radius 1 is 1.13 bits per heavy atom. The second-order valence-corrected chi connectivity index (χ2v) is 12.2. The van der Waals surface area contributed by atoms with Crippen LogP contribution in [0.3, 0.4) is 0 Å². The van der Waals surface area contributed by atoms with Crippen molar-refractivity contribution >= 4 is 16.9 Å². The molecule has 1 N–H and O–H groups in total. The lowest BCUT2D eigenvalue weighted by atomic mass is 9.92. The van der Waals surface area contributed by atoms with Crippen LogP contribution in [0.25, 0.3) is 11.0 Å². The van der Waals surface area contributed by atoms with Crippen molar-refractivity contribution < 1.29 is 27.4 Å². The van der Waals surface area contributed by atoms with Crippen molar-refractivity contribution in [3.05, 3.63) is 76.7 Å². The van der Waals surface area contributed by atoms with Crippen LogP contribution in [0.15, 0.2) is 48.8 Å². The highest BCUT2D eigenvalue weighted by Crippen LogP contribution is 2.39. The van der Waals surface area contributed by atoms with Gasteiger partial charge in [-0.15, -0.1) is 0 Å². The molecule has 2 aliphatic heterocycles. The van der Waals surface area contributed by atoms with E-state index in [4.69, 9.17) is 9.47 Å². The first-order valence-corrected chi connectivity index (χ1v) is 15.5. The maximum atomic E-state index is 14.2. The van der Waals surface area contributed by atoms with Crippen LogP contribution >= 0.6 is 0 Å². The molecule has 4 aromatic rings. The van der Waals surface area contributed by atoms with Gasteiger partial charge in [0.25, 0.3) is 0 Å². The topological polar surface area (TPSA) is 83.6 Å². The zero-order chi connectivity index (χ0) is 31.9. The van der Waals surface area contributed by atoms with Crippen LogP contribution in [0.2, 0.25) is 0 Å². The van der Waals surface area contributed by atoms with Crippen molar-refractivity contribution in [2.24, 2.45) is 5.92 Å². The molecule has 0 radical (unpaired) electrons. The highest BCUT2D eigenvalue weighted by molar-refractivity contribution is 5.83. The van der Waals surface area contributed by atoms with Crippen molar-refractivity contribution in [1.29, 1.82) is 0 Å². The van der Waals surface area contributed by atoms with Crippen LogP contribution in [0.1, 0.15) is 60.7 Å². The third-order valence-corrected chi connectivity index (χ3v) is 9.05. The van der Waals surface area contributed by atoms with Crippen LogP contribution < -0.4 is 9.47 Å². The van der Waals surface area contributed by atoms with E-state index in [0.29, 0.717) is 30.9 Å². The summed E-state index contributed by atoms with van der Waals surface area (Å²) >= 11 is 0. The number of aromatic nitrogens is 3. The highest BCUT2D eigenvalue weighted by Gasteiger charge is 2.38. The number of piperidine rings is 1. The summed E-state index contributed by atoms with van der Waals surface area (Å²) in [6.07, 6.45) is -0.110. The standard InChI is InChI=1S/C34H38F3N5O3/c1-5-23-19-41(4)12-10-29(23)45-33-28(34(35,36)37)15-22(18-39-33)16-31(43)42-13-9-24-6-7-25(17-26(24)21(42)3)44-30-8-11-38-32-27(30)14-20(2)40-32/h6-8,11,14-15,17-18,21,23,29H,5,9-10,12-13,16,19H2,1-4H3,(H,38,40)/t21-,23+,29+/m0/s1. The van der Waals surface area contributed by atoms with E-state index in [0.717, 1.165) is 53.4 Å². The van der Waals surface area contributed by atoms with E-state index in [1.165, 1.54) is 6.20 Å². The summed E-state index contributed by atoms with van der Waals surface area (Å²) in [4.78, 5) is 29.1. The number of carbonyl (C=O) groups is 1.